The van der Waals surface area contributed by atoms with Crippen molar-refractivity contribution in [2.24, 2.45) is 0 Å². The zero-order chi connectivity index (χ0) is 21.8. The van der Waals surface area contributed by atoms with Crippen LogP contribution in [-0.2, 0) is 6.16 Å². The van der Waals surface area contributed by atoms with Crippen LogP contribution in [0.25, 0.3) is 0 Å². The summed E-state index contributed by atoms with van der Waals surface area (Å²) >= 11 is 4.50. The van der Waals surface area contributed by atoms with Crippen molar-refractivity contribution in [3.63, 3.8) is 0 Å². The predicted molar refractivity (Wildman–Crippen MR) is 137 cm³/mol. The Hall–Kier alpha value is -2.61. The van der Waals surface area contributed by atoms with Crippen LogP contribution in [0.15, 0.2) is 109 Å². The van der Waals surface area contributed by atoms with Crippen molar-refractivity contribution >= 4 is 36.7 Å². The monoisotopic (exact) mass is 492 g/mol. The molecule has 0 saturated heterocycles. The van der Waals surface area contributed by atoms with Gasteiger partial charge in [-0.3, -0.25) is 0 Å². The molecule has 31 heavy (non-hydrogen) atoms. The van der Waals surface area contributed by atoms with Crippen LogP contribution in [0.5, 0.6) is 11.5 Å². The topological polar surface area (TPSA) is 18.5 Å². The zero-order valence-corrected chi connectivity index (χ0v) is 20.2. The molecule has 0 amide bonds. The first-order valence-electron chi connectivity index (χ1n) is 10.2. The van der Waals surface area contributed by atoms with E-state index in [1.54, 1.807) is 14.2 Å². The van der Waals surface area contributed by atoms with Gasteiger partial charge in [0.05, 0.1) is 0 Å². The van der Waals surface area contributed by atoms with Crippen molar-refractivity contribution < 1.29 is 9.47 Å². The molecule has 0 heterocycles. The predicted octanol–water partition coefficient (Wildman–Crippen LogP) is 6.04. The summed E-state index contributed by atoms with van der Waals surface area (Å²) in [6, 6.07) is 38.5. The number of halogens is 1. The summed E-state index contributed by atoms with van der Waals surface area (Å²) in [6.45, 7) is 0. The number of rotatable bonds is 7. The van der Waals surface area contributed by atoms with Crippen molar-refractivity contribution in [3.8, 4) is 11.5 Å². The summed E-state index contributed by atoms with van der Waals surface area (Å²) in [6.07, 6.45) is 0.789. The van der Waals surface area contributed by atoms with Gasteiger partial charge < -0.3 is 0 Å². The molecule has 0 atom stereocenters. The molecule has 0 spiro atoms. The first-order valence-corrected chi connectivity index (χ1v) is 14.6. The fourth-order valence-electron chi connectivity index (χ4n) is 4.24. The van der Waals surface area contributed by atoms with E-state index in [0.29, 0.717) is 0 Å². The van der Waals surface area contributed by atoms with Gasteiger partial charge in [-0.1, -0.05) is 0 Å². The Bertz CT molecular complexity index is 1030. The number of ether oxygens (including phenoxy) is 2. The summed E-state index contributed by atoms with van der Waals surface area (Å²) < 4.78 is 11.2. The van der Waals surface area contributed by atoms with E-state index in [-0.39, 0.29) is 0 Å². The Balaban J connectivity index is 2.07. The Morgan fingerprint density at radius 3 is 1.26 bits per heavy atom. The second-order valence-electron chi connectivity index (χ2n) is 7.57. The second kappa shape index (κ2) is 8.86. The molecule has 0 bridgehead atoms. The van der Waals surface area contributed by atoms with Crippen LogP contribution in [-0.4, -0.2) is 14.2 Å². The molecule has 0 saturated carbocycles. The summed E-state index contributed by atoms with van der Waals surface area (Å²) in [5, 5.41) is 0.801. The van der Waals surface area contributed by atoms with Gasteiger partial charge in [0.1, 0.15) is 0 Å². The first kappa shape index (κ1) is 21.6. The molecule has 0 N–H and O–H groups in total. The van der Waals surface area contributed by atoms with Crippen molar-refractivity contribution in [2.45, 2.75) is 6.16 Å². The molecule has 0 unspecified atom stereocenters. The third-order valence-corrected chi connectivity index (χ3v) is 15.3. The molecule has 0 aromatic heterocycles. The number of benzene rings is 4. The Kier molecular flexibility index (Phi) is 6.18. The molecule has 158 valence electrons. The van der Waals surface area contributed by atoms with Gasteiger partial charge in [0.25, 0.3) is 0 Å². The summed E-state index contributed by atoms with van der Waals surface area (Å²) in [5.41, 5.74) is 1.15. The summed E-state index contributed by atoms with van der Waals surface area (Å²) in [5.74, 6) is 1.59. The minimum atomic E-state index is -3.05. The van der Waals surface area contributed by atoms with Crippen LogP contribution in [0.2, 0.25) is 0 Å². The van der Waals surface area contributed by atoms with Crippen LogP contribution in [0.1, 0.15) is 5.56 Å². The number of methoxy groups -OCH3 is 2. The van der Waals surface area contributed by atoms with Crippen molar-refractivity contribution in [2.75, 3.05) is 14.2 Å². The van der Waals surface area contributed by atoms with Gasteiger partial charge in [0.2, 0.25) is 0 Å². The molecule has 4 rings (SSSR count). The van der Waals surface area contributed by atoms with E-state index < -0.39 is 5.31 Å². The van der Waals surface area contributed by atoms with Crippen LogP contribution in [0.4, 0.5) is 0 Å². The minimum absolute atomic E-state index is 0.789. The third kappa shape index (κ3) is 3.89. The SMILES string of the molecule is COc1cc(CP(Br)(c2ccccc2)(c2ccccc2)c2ccccc2)cc(OC)c1. The standard InChI is InChI=1S/C27H26BrO2P/c1-29-23-18-22(19-24(20-23)30-2)21-31(28,25-12-6-3-7-13-25,26-14-8-4-9-15-26)27-16-10-5-11-17-27/h3-20H,21H2,1-2H3. The fraction of sp³-hybridized carbons (Fsp3) is 0.111. The van der Waals surface area contributed by atoms with Gasteiger partial charge in [-0.25, -0.2) is 0 Å². The van der Waals surface area contributed by atoms with E-state index in [1.807, 2.05) is 6.07 Å². The fourth-order valence-corrected chi connectivity index (χ4v) is 11.9. The quantitative estimate of drug-likeness (QED) is 0.292. The molecule has 2 nitrogen and oxygen atoms in total. The van der Waals surface area contributed by atoms with Crippen LogP contribution < -0.4 is 25.4 Å². The second-order valence-corrected chi connectivity index (χ2v) is 16.5. The van der Waals surface area contributed by atoms with E-state index in [1.165, 1.54) is 15.9 Å². The normalized spacial score (nSPS) is 12.5. The van der Waals surface area contributed by atoms with E-state index in [0.717, 1.165) is 23.2 Å². The zero-order valence-electron chi connectivity index (χ0n) is 17.7. The van der Waals surface area contributed by atoms with Gasteiger partial charge >= 0.3 is 193 Å². The molecule has 0 radical (unpaired) electrons. The van der Waals surface area contributed by atoms with Crippen molar-refractivity contribution in [3.05, 3.63) is 115 Å². The van der Waals surface area contributed by atoms with E-state index >= 15 is 0 Å². The van der Waals surface area contributed by atoms with Gasteiger partial charge in [-0.15, -0.1) is 0 Å². The number of hydrogen-bond acceptors (Lipinski definition) is 2. The molecule has 0 aliphatic rings. The van der Waals surface area contributed by atoms with E-state index in [9.17, 15) is 0 Å². The summed E-state index contributed by atoms with van der Waals surface area (Å²) in [4.78, 5) is 0. The first-order chi connectivity index (χ1) is 15.1. The molecule has 4 aromatic rings. The van der Waals surface area contributed by atoms with Gasteiger partial charge in [0, 0.05) is 0 Å². The molecule has 0 aliphatic carbocycles. The van der Waals surface area contributed by atoms with E-state index in [4.69, 9.17) is 9.47 Å². The Morgan fingerprint density at radius 2 is 0.935 bits per heavy atom. The van der Waals surface area contributed by atoms with Gasteiger partial charge in [0.15, 0.2) is 0 Å². The maximum atomic E-state index is 5.58. The molecule has 4 aromatic carbocycles. The molecular weight excluding hydrogens is 467 g/mol. The molecule has 0 aliphatic heterocycles. The maximum absolute atomic E-state index is 5.58. The Labute approximate surface area is 192 Å². The van der Waals surface area contributed by atoms with Gasteiger partial charge in [-0.05, 0) is 0 Å². The van der Waals surface area contributed by atoms with Crippen molar-refractivity contribution in [1.82, 2.24) is 0 Å². The van der Waals surface area contributed by atoms with Crippen LogP contribution in [0.3, 0.4) is 0 Å². The Morgan fingerprint density at radius 1 is 0.581 bits per heavy atom. The molecule has 0 fully saturated rings. The van der Waals surface area contributed by atoms with Gasteiger partial charge in [-0.2, -0.15) is 0 Å². The average molecular weight is 493 g/mol. The summed E-state index contributed by atoms with van der Waals surface area (Å²) in [7, 11) is 3.38. The van der Waals surface area contributed by atoms with E-state index in [2.05, 4.69) is 119 Å². The molecule has 4 heteroatoms. The third-order valence-electron chi connectivity index (χ3n) is 5.77. The van der Waals surface area contributed by atoms with Crippen molar-refractivity contribution in [1.29, 1.82) is 0 Å². The molecular formula is C27H26BrO2P. The van der Waals surface area contributed by atoms with Crippen LogP contribution >= 0.6 is 20.8 Å². The number of hydrogen-bond donors (Lipinski definition) is 0. The average Bonchev–Trinajstić information content (AvgIpc) is 2.85. The van der Waals surface area contributed by atoms with Crippen LogP contribution in [0, 0.1) is 0 Å².